The van der Waals surface area contributed by atoms with Gasteiger partial charge in [0, 0.05) is 11.4 Å². The lowest BCUT2D eigenvalue weighted by Crippen LogP contribution is -2.45. The standard InChI is InChI=1S/C25H29N3O6S2/c1-17-6-11-22(16-18(17)2)28(35(5,30)31)19(3)25(29)26-20-9-14-24(15-10-20)36(32,33)27-21-7-12-23(34-4)13-8-21/h6-16,19,27H,1-5H3,(H,26,29)/t19-/m1/s1. The minimum absolute atomic E-state index is 0.00254. The Balaban J connectivity index is 1.76. The Bertz CT molecular complexity index is 1450. The van der Waals surface area contributed by atoms with E-state index in [0.29, 0.717) is 22.8 Å². The lowest BCUT2D eigenvalue weighted by Gasteiger charge is -2.28. The van der Waals surface area contributed by atoms with Gasteiger partial charge in [-0.3, -0.25) is 13.8 Å². The minimum Gasteiger partial charge on any atom is -0.497 e. The summed E-state index contributed by atoms with van der Waals surface area (Å²) in [6.07, 6.45) is 1.04. The number of sulfonamides is 2. The third-order valence-electron chi connectivity index (χ3n) is 5.61. The zero-order valence-electron chi connectivity index (χ0n) is 20.6. The molecule has 0 bridgehead atoms. The van der Waals surface area contributed by atoms with Crippen LogP contribution < -0.4 is 19.1 Å². The van der Waals surface area contributed by atoms with Crippen molar-refractivity contribution >= 4 is 43.0 Å². The SMILES string of the molecule is COc1ccc(NS(=O)(=O)c2ccc(NC(=O)[C@@H](C)N(c3ccc(C)c(C)c3)S(C)(=O)=O)cc2)cc1. The highest BCUT2D eigenvalue weighted by Gasteiger charge is 2.29. The highest BCUT2D eigenvalue weighted by molar-refractivity contribution is 7.92. The Kier molecular flexibility index (Phi) is 7.95. The number of nitrogens with one attached hydrogen (secondary N) is 2. The molecule has 0 radical (unpaired) electrons. The van der Waals surface area contributed by atoms with Gasteiger partial charge < -0.3 is 10.1 Å². The van der Waals surface area contributed by atoms with Gasteiger partial charge in [-0.1, -0.05) is 6.07 Å². The molecule has 0 aliphatic heterocycles. The maximum Gasteiger partial charge on any atom is 0.261 e. The molecular formula is C25H29N3O6S2. The first-order chi connectivity index (χ1) is 16.8. The summed E-state index contributed by atoms with van der Waals surface area (Å²) in [5.41, 5.74) is 2.97. The molecule has 0 spiro atoms. The van der Waals surface area contributed by atoms with Crippen molar-refractivity contribution in [1.82, 2.24) is 0 Å². The van der Waals surface area contributed by atoms with E-state index in [1.165, 1.54) is 38.3 Å². The maximum absolute atomic E-state index is 12.9. The fraction of sp³-hybridized carbons (Fsp3) is 0.240. The molecule has 0 aliphatic rings. The summed E-state index contributed by atoms with van der Waals surface area (Å²) in [4.78, 5) is 12.9. The molecule has 1 amide bonds. The molecule has 3 rings (SSSR count). The van der Waals surface area contributed by atoms with Gasteiger partial charge in [-0.2, -0.15) is 0 Å². The quantitative estimate of drug-likeness (QED) is 0.432. The molecule has 192 valence electrons. The van der Waals surface area contributed by atoms with Crippen molar-refractivity contribution < 1.29 is 26.4 Å². The number of nitrogens with zero attached hydrogens (tertiary/aromatic N) is 1. The van der Waals surface area contributed by atoms with Gasteiger partial charge in [0.05, 0.1) is 23.9 Å². The Morgan fingerprint density at radius 3 is 1.97 bits per heavy atom. The van der Waals surface area contributed by atoms with E-state index in [0.717, 1.165) is 21.7 Å². The van der Waals surface area contributed by atoms with Crippen molar-refractivity contribution in [2.45, 2.75) is 31.7 Å². The Labute approximate surface area is 212 Å². The van der Waals surface area contributed by atoms with Crippen LogP contribution in [0.15, 0.2) is 71.6 Å². The van der Waals surface area contributed by atoms with E-state index in [9.17, 15) is 21.6 Å². The van der Waals surface area contributed by atoms with Crippen molar-refractivity contribution in [3.8, 4) is 5.75 Å². The summed E-state index contributed by atoms with van der Waals surface area (Å²) in [7, 11) is -6.11. The van der Waals surface area contributed by atoms with Crippen LogP contribution in [0.5, 0.6) is 5.75 Å². The van der Waals surface area contributed by atoms with Crippen LogP contribution in [0.4, 0.5) is 17.1 Å². The molecule has 36 heavy (non-hydrogen) atoms. The number of hydrogen-bond acceptors (Lipinski definition) is 6. The predicted octanol–water partition coefficient (Wildman–Crippen LogP) is 3.91. The largest absolute Gasteiger partial charge is 0.497 e. The molecule has 2 N–H and O–H groups in total. The summed E-state index contributed by atoms with van der Waals surface area (Å²) in [6.45, 7) is 5.27. The van der Waals surface area contributed by atoms with E-state index < -0.39 is 32.0 Å². The van der Waals surface area contributed by atoms with Crippen LogP contribution in [0, 0.1) is 13.8 Å². The number of ether oxygens (including phenoxy) is 1. The number of hydrogen-bond donors (Lipinski definition) is 2. The molecule has 0 unspecified atom stereocenters. The molecule has 9 nitrogen and oxygen atoms in total. The van der Waals surface area contributed by atoms with Crippen molar-refractivity contribution in [3.63, 3.8) is 0 Å². The van der Waals surface area contributed by atoms with Crippen molar-refractivity contribution in [3.05, 3.63) is 77.9 Å². The van der Waals surface area contributed by atoms with Crippen molar-refractivity contribution in [2.75, 3.05) is 27.7 Å². The number of aryl methyl sites for hydroxylation is 2. The smallest absolute Gasteiger partial charge is 0.261 e. The maximum atomic E-state index is 12.9. The van der Waals surface area contributed by atoms with Crippen LogP contribution in [0.1, 0.15) is 18.1 Å². The van der Waals surface area contributed by atoms with Gasteiger partial charge in [-0.25, -0.2) is 16.8 Å². The summed E-state index contributed by atoms with van der Waals surface area (Å²) in [5.74, 6) is 0.0323. The number of benzene rings is 3. The highest BCUT2D eigenvalue weighted by atomic mass is 32.2. The van der Waals surface area contributed by atoms with E-state index in [1.54, 1.807) is 42.5 Å². The first kappa shape index (κ1) is 27.0. The number of rotatable bonds is 9. The van der Waals surface area contributed by atoms with Gasteiger partial charge in [0.25, 0.3) is 10.0 Å². The normalized spacial score (nSPS) is 12.5. The topological polar surface area (TPSA) is 122 Å². The van der Waals surface area contributed by atoms with Crippen molar-refractivity contribution in [2.24, 2.45) is 0 Å². The molecule has 0 aliphatic carbocycles. The first-order valence-electron chi connectivity index (χ1n) is 11.0. The van der Waals surface area contributed by atoms with Crippen LogP contribution in [0.25, 0.3) is 0 Å². The van der Waals surface area contributed by atoms with Gasteiger partial charge in [0.2, 0.25) is 15.9 Å². The Hall–Kier alpha value is -3.57. The Morgan fingerprint density at radius 2 is 1.44 bits per heavy atom. The average molecular weight is 532 g/mol. The predicted molar refractivity (Wildman–Crippen MR) is 142 cm³/mol. The van der Waals surface area contributed by atoms with Gasteiger partial charge in [-0.05, 0) is 92.6 Å². The monoisotopic (exact) mass is 531 g/mol. The fourth-order valence-electron chi connectivity index (χ4n) is 3.51. The number of carbonyl (C=O) groups excluding carboxylic acids is 1. The lowest BCUT2D eigenvalue weighted by atomic mass is 10.1. The van der Waals surface area contributed by atoms with Crippen LogP contribution in [0.3, 0.4) is 0 Å². The Morgan fingerprint density at radius 1 is 0.861 bits per heavy atom. The third kappa shape index (κ3) is 6.35. The number of amides is 1. The number of anilines is 3. The van der Waals surface area contributed by atoms with Crippen LogP contribution in [-0.4, -0.2) is 42.2 Å². The highest BCUT2D eigenvalue weighted by Crippen LogP contribution is 2.25. The van der Waals surface area contributed by atoms with Gasteiger partial charge in [0.15, 0.2) is 0 Å². The van der Waals surface area contributed by atoms with E-state index in [4.69, 9.17) is 4.74 Å². The molecule has 11 heteroatoms. The summed E-state index contributed by atoms with van der Waals surface area (Å²) in [5, 5.41) is 2.66. The van der Waals surface area contributed by atoms with Gasteiger partial charge in [0.1, 0.15) is 11.8 Å². The second-order valence-corrected chi connectivity index (χ2v) is 11.9. The van der Waals surface area contributed by atoms with Gasteiger partial charge >= 0.3 is 0 Å². The molecule has 0 fully saturated rings. The second-order valence-electron chi connectivity index (χ2n) is 8.35. The molecule has 0 saturated carbocycles. The average Bonchev–Trinajstić information content (AvgIpc) is 2.81. The van der Waals surface area contributed by atoms with Gasteiger partial charge in [-0.15, -0.1) is 0 Å². The van der Waals surface area contributed by atoms with Crippen LogP contribution >= 0.6 is 0 Å². The van der Waals surface area contributed by atoms with E-state index in [-0.39, 0.29) is 4.90 Å². The van der Waals surface area contributed by atoms with Crippen LogP contribution in [0.2, 0.25) is 0 Å². The number of methoxy groups -OCH3 is 1. The summed E-state index contributed by atoms with van der Waals surface area (Å²) >= 11 is 0. The fourth-order valence-corrected chi connectivity index (χ4v) is 5.73. The second kappa shape index (κ2) is 10.6. The zero-order valence-corrected chi connectivity index (χ0v) is 22.3. The number of carbonyl (C=O) groups is 1. The molecule has 1 atom stereocenters. The molecule has 3 aromatic carbocycles. The van der Waals surface area contributed by atoms with E-state index in [1.807, 2.05) is 13.8 Å². The van der Waals surface area contributed by atoms with Crippen molar-refractivity contribution in [1.29, 1.82) is 0 Å². The molecular weight excluding hydrogens is 502 g/mol. The zero-order chi connectivity index (χ0) is 26.7. The molecule has 3 aromatic rings. The lowest BCUT2D eigenvalue weighted by molar-refractivity contribution is -0.116. The minimum atomic E-state index is -3.86. The van der Waals surface area contributed by atoms with Crippen LogP contribution in [-0.2, 0) is 24.8 Å². The molecule has 0 aromatic heterocycles. The van der Waals surface area contributed by atoms with E-state index >= 15 is 0 Å². The summed E-state index contributed by atoms with van der Waals surface area (Å²) < 4.78 is 59.1. The third-order valence-corrected chi connectivity index (χ3v) is 8.25. The van der Waals surface area contributed by atoms with E-state index in [2.05, 4.69) is 10.0 Å². The molecule has 0 saturated heterocycles. The summed E-state index contributed by atoms with van der Waals surface area (Å²) in [6, 6.07) is 16.1. The molecule has 0 heterocycles. The first-order valence-corrected chi connectivity index (χ1v) is 14.3.